The lowest BCUT2D eigenvalue weighted by molar-refractivity contribution is 0.484. The molecule has 2 heteroatoms. The van der Waals surface area contributed by atoms with Crippen LogP contribution in [-0.4, -0.2) is 6.04 Å². The van der Waals surface area contributed by atoms with E-state index in [1.54, 1.807) is 0 Å². The van der Waals surface area contributed by atoms with Gasteiger partial charge < -0.3 is 5.73 Å². The van der Waals surface area contributed by atoms with Gasteiger partial charge in [0.05, 0.1) is 0 Å². The van der Waals surface area contributed by atoms with Crippen LogP contribution < -0.4 is 5.73 Å². The molecule has 1 heterocycles. The molecule has 1 saturated carbocycles. The first kappa shape index (κ1) is 9.22. The standard InChI is InChI=1S/C11H17NS/c1-8-5-9(7-13-8)11(2)4-3-10(12)6-11/h5,7,10H,3-4,6,12H2,1-2H3. The zero-order valence-electron chi connectivity index (χ0n) is 8.34. The Balaban J connectivity index is 2.25. The minimum absolute atomic E-state index is 0.365. The second-order valence-electron chi connectivity index (χ2n) is 4.51. The first-order chi connectivity index (χ1) is 6.10. The third-order valence-corrected chi connectivity index (χ3v) is 4.07. The fourth-order valence-corrected chi connectivity index (χ4v) is 3.17. The van der Waals surface area contributed by atoms with Gasteiger partial charge in [-0.3, -0.25) is 0 Å². The monoisotopic (exact) mass is 195 g/mol. The molecule has 1 aromatic heterocycles. The molecule has 0 aliphatic heterocycles. The number of aryl methyl sites for hydroxylation is 1. The van der Waals surface area contributed by atoms with Crippen molar-refractivity contribution in [1.29, 1.82) is 0 Å². The van der Waals surface area contributed by atoms with Crippen molar-refractivity contribution in [3.8, 4) is 0 Å². The van der Waals surface area contributed by atoms with Gasteiger partial charge in [-0.25, -0.2) is 0 Å². The van der Waals surface area contributed by atoms with E-state index in [1.807, 2.05) is 11.3 Å². The molecule has 13 heavy (non-hydrogen) atoms. The zero-order valence-corrected chi connectivity index (χ0v) is 9.16. The van der Waals surface area contributed by atoms with Crippen molar-refractivity contribution in [2.45, 2.75) is 44.6 Å². The second kappa shape index (κ2) is 3.10. The Labute approximate surface area is 84.0 Å². The molecule has 0 amide bonds. The Hall–Kier alpha value is -0.340. The molecule has 2 unspecified atom stereocenters. The van der Waals surface area contributed by atoms with Crippen LogP contribution in [-0.2, 0) is 5.41 Å². The minimum Gasteiger partial charge on any atom is -0.328 e. The summed E-state index contributed by atoms with van der Waals surface area (Å²) in [5.41, 5.74) is 7.83. The van der Waals surface area contributed by atoms with E-state index in [4.69, 9.17) is 5.73 Å². The maximum absolute atomic E-state index is 5.96. The molecule has 0 spiro atoms. The van der Waals surface area contributed by atoms with Gasteiger partial charge in [-0.05, 0) is 48.6 Å². The minimum atomic E-state index is 0.365. The molecule has 2 atom stereocenters. The van der Waals surface area contributed by atoms with Gasteiger partial charge in [0.25, 0.3) is 0 Å². The van der Waals surface area contributed by atoms with Gasteiger partial charge in [0.1, 0.15) is 0 Å². The van der Waals surface area contributed by atoms with Crippen molar-refractivity contribution >= 4 is 11.3 Å². The van der Waals surface area contributed by atoms with Gasteiger partial charge in [0.2, 0.25) is 0 Å². The van der Waals surface area contributed by atoms with E-state index in [0.717, 1.165) is 6.42 Å². The van der Waals surface area contributed by atoms with Gasteiger partial charge >= 0.3 is 0 Å². The van der Waals surface area contributed by atoms with Crippen molar-refractivity contribution in [2.75, 3.05) is 0 Å². The maximum Gasteiger partial charge on any atom is 0.00475 e. The largest absolute Gasteiger partial charge is 0.328 e. The third-order valence-electron chi connectivity index (χ3n) is 3.21. The van der Waals surface area contributed by atoms with E-state index in [9.17, 15) is 0 Å². The highest BCUT2D eigenvalue weighted by molar-refractivity contribution is 7.10. The molecule has 1 aromatic rings. The Kier molecular flexibility index (Phi) is 2.20. The van der Waals surface area contributed by atoms with Crippen molar-refractivity contribution in [3.05, 3.63) is 21.9 Å². The van der Waals surface area contributed by atoms with E-state index >= 15 is 0 Å². The molecule has 2 rings (SSSR count). The van der Waals surface area contributed by atoms with E-state index in [-0.39, 0.29) is 0 Å². The van der Waals surface area contributed by atoms with Crippen LogP contribution in [0.3, 0.4) is 0 Å². The summed E-state index contributed by atoms with van der Waals surface area (Å²) >= 11 is 1.85. The number of nitrogens with two attached hydrogens (primary N) is 1. The topological polar surface area (TPSA) is 26.0 Å². The average molecular weight is 195 g/mol. The molecule has 0 bridgehead atoms. The van der Waals surface area contributed by atoms with Gasteiger partial charge in [0.15, 0.2) is 0 Å². The Morgan fingerprint density at radius 3 is 2.85 bits per heavy atom. The zero-order chi connectivity index (χ0) is 9.47. The Morgan fingerprint density at radius 2 is 2.38 bits per heavy atom. The van der Waals surface area contributed by atoms with Crippen LogP contribution in [0.25, 0.3) is 0 Å². The first-order valence-electron chi connectivity index (χ1n) is 4.91. The molecule has 1 aliphatic carbocycles. The summed E-state index contributed by atoms with van der Waals surface area (Å²) in [5, 5.41) is 2.30. The summed E-state index contributed by atoms with van der Waals surface area (Å²) < 4.78 is 0. The number of hydrogen-bond acceptors (Lipinski definition) is 2. The van der Waals surface area contributed by atoms with Crippen LogP contribution in [0.5, 0.6) is 0 Å². The highest BCUT2D eigenvalue weighted by atomic mass is 32.1. The number of thiophene rings is 1. The van der Waals surface area contributed by atoms with Crippen molar-refractivity contribution in [1.82, 2.24) is 0 Å². The Morgan fingerprint density at radius 1 is 1.62 bits per heavy atom. The lowest BCUT2D eigenvalue weighted by atomic mass is 9.82. The number of hydrogen-bond donors (Lipinski definition) is 1. The summed E-state index contributed by atoms with van der Waals surface area (Å²) in [6.07, 6.45) is 3.60. The molecule has 1 nitrogen and oxygen atoms in total. The van der Waals surface area contributed by atoms with E-state index < -0.39 is 0 Å². The van der Waals surface area contributed by atoms with Crippen molar-refractivity contribution in [3.63, 3.8) is 0 Å². The number of rotatable bonds is 1. The molecule has 0 aromatic carbocycles. The maximum atomic E-state index is 5.96. The van der Waals surface area contributed by atoms with Crippen LogP contribution >= 0.6 is 11.3 Å². The van der Waals surface area contributed by atoms with Crippen LogP contribution in [0.4, 0.5) is 0 Å². The fraction of sp³-hybridized carbons (Fsp3) is 0.636. The molecule has 0 saturated heterocycles. The quantitative estimate of drug-likeness (QED) is 0.732. The molecule has 72 valence electrons. The van der Waals surface area contributed by atoms with Crippen LogP contribution in [0.1, 0.15) is 36.6 Å². The predicted octanol–water partition coefficient (Wildman–Crippen LogP) is 2.83. The Bertz CT molecular complexity index is 305. The summed E-state index contributed by atoms with van der Waals surface area (Å²) in [7, 11) is 0. The van der Waals surface area contributed by atoms with Crippen molar-refractivity contribution in [2.24, 2.45) is 5.73 Å². The summed E-state index contributed by atoms with van der Waals surface area (Å²) in [4.78, 5) is 1.41. The van der Waals surface area contributed by atoms with Crippen LogP contribution in [0.2, 0.25) is 0 Å². The summed E-state index contributed by atoms with van der Waals surface area (Å²) in [5.74, 6) is 0. The highest BCUT2D eigenvalue weighted by Gasteiger charge is 2.35. The van der Waals surface area contributed by atoms with Crippen LogP contribution in [0, 0.1) is 6.92 Å². The smallest absolute Gasteiger partial charge is 0.00475 e. The van der Waals surface area contributed by atoms with E-state index in [1.165, 1.54) is 23.3 Å². The lowest BCUT2D eigenvalue weighted by Crippen LogP contribution is -2.21. The normalized spacial score (nSPS) is 33.9. The average Bonchev–Trinajstić information content (AvgIpc) is 2.60. The summed E-state index contributed by atoms with van der Waals surface area (Å²) in [6.45, 7) is 4.52. The first-order valence-corrected chi connectivity index (χ1v) is 5.79. The predicted molar refractivity (Wildman–Crippen MR) is 58.2 cm³/mol. The molecule has 0 radical (unpaired) electrons. The molecular formula is C11H17NS. The molecule has 2 N–H and O–H groups in total. The van der Waals surface area contributed by atoms with Gasteiger partial charge in [0, 0.05) is 10.9 Å². The molecular weight excluding hydrogens is 178 g/mol. The molecule has 1 aliphatic rings. The third kappa shape index (κ3) is 1.65. The van der Waals surface area contributed by atoms with Gasteiger partial charge in [-0.2, -0.15) is 0 Å². The van der Waals surface area contributed by atoms with E-state index in [2.05, 4.69) is 25.3 Å². The fourth-order valence-electron chi connectivity index (χ4n) is 2.31. The summed E-state index contributed by atoms with van der Waals surface area (Å²) in [6, 6.07) is 2.74. The second-order valence-corrected chi connectivity index (χ2v) is 5.62. The highest BCUT2D eigenvalue weighted by Crippen LogP contribution is 2.41. The van der Waals surface area contributed by atoms with Crippen LogP contribution in [0.15, 0.2) is 11.4 Å². The molecule has 1 fully saturated rings. The lowest BCUT2D eigenvalue weighted by Gasteiger charge is -2.22. The van der Waals surface area contributed by atoms with Crippen molar-refractivity contribution < 1.29 is 0 Å². The van der Waals surface area contributed by atoms with Gasteiger partial charge in [-0.15, -0.1) is 11.3 Å². The van der Waals surface area contributed by atoms with Gasteiger partial charge in [-0.1, -0.05) is 6.92 Å². The SMILES string of the molecule is Cc1cc(C2(C)CCC(N)C2)cs1. The van der Waals surface area contributed by atoms with E-state index in [0.29, 0.717) is 11.5 Å².